The van der Waals surface area contributed by atoms with Crippen LogP contribution >= 0.6 is 0 Å². The van der Waals surface area contributed by atoms with Crippen molar-refractivity contribution < 1.29 is 90.8 Å². The fourth-order valence-corrected chi connectivity index (χ4v) is 4.46. The third-order valence-corrected chi connectivity index (χ3v) is 6.35. The molecule has 0 N–H and O–H groups in total. The number of rotatable bonds is 9. The molecule has 8 nitrogen and oxygen atoms in total. The van der Waals surface area contributed by atoms with Gasteiger partial charge in [0.1, 0.15) is 6.67 Å². The highest BCUT2D eigenvalue weighted by molar-refractivity contribution is 5.85. The Kier molecular flexibility index (Phi) is 7.75. The molecular formula is C22H14F12O8. The zero-order valence-corrected chi connectivity index (χ0v) is 20.1. The summed E-state index contributed by atoms with van der Waals surface area (Å²) < 4.78 is 204. The molecule has 2 atom stereocenters. The number of carbonyl (C=O) groups excluding carboxylic acids is 4. The zero-order valence-electron chi connectivity index (χ0n) is 20.1. The molecule has 234 valence electrons. The fourth-order valence-electron chi connectivity index (χ4n) is 4.46. The standard InChI is InChI=1S/C22H14F12O8/c1-5-10(35)39-14(9-23)17(24,25)15(40-11(36)6-2)19(28,29)16(18(14,26)27,41-12(37)7-3)21(32,33)22(34,20(15,30)31)42-13(38)8-4/h5-8H,1-4,9H2. The molecule has 2 bridgehead atoms. The Morgan fingerprint density at radius 2 is 0.762 bits per heavy atom. The van der Waals surface area contributed by atoms with E-state index in [0.29, 0.717) is 0 Å². The molecule has 20 heteroatoms. The van der Waals surface area contributed by atoms with Crippen molar-refractivity contribution in [2.45, 2.75) is 52.3 Å². The first-order valence-electron chi connectivity index (χ1n) is 10.4. The van der Waals surface area contributed by atoms with Crippen LogP contribution in [0.3, 0.4) is 0 Å². The van der Waals surface area contributed by atoms with E-state index in [2.05, 4.69) is 45.3 Å². The summed E-state index contributed by atoms with van der Waals surface area (Å²) in [6.07, 6.45) is -1.92. The van der Waals surface area contributed by atoms with Gasteiger partial charge in [0.2, 0.25) is 0 Å². The predicted octanol–water partition coefficient (Wildman–Crippen LogP) is 3.96. The van der Waals surface area contributed by atoms with Crippen molar-refractivity contribution in [2.75, 3.05) is 6.67 Å². The molecule has 0 aliphatic heterocycles. The van der Waals surface area contributed by atoms with Crippen molar-refractivity contribution in [2.24, 2.45) is 0 Å². The van der Waals surface area contributed by atoms with Crippen LogP contribution in [-0.4, -0.2) is 82.8 Å². The van der Waals surface area contributed by atoms with Gasteiger partial charge in [-0.15, -0.1) is 0 Å². The van der Waals surface area contributed by atoms with Crippen LogP contribution in [0.1, 0.15) is 0 Å². The smallest absolute Gasteiger partial charge is 0.386 e. The highest BCUT2D eigenvalue weighted by atomic mass is 19.3. The molecule has 2 fully saturated rings. The monoisotopic (exact) mass is 634 g/mol. The molecule has 2 saturated carbocycles. The van der Waals surface area contributed by atoms with Crippen LogP contribution in [0.2, 0.25) is 0 Å². The molecule has 0 aromatic heterocycles. The van der Waals surface area contributed by atoms with Gasteiger partial charge in [-0.25, -0.2) is 23.6 Å². The van der Waals surface area contributed by atoms with E-state index >= 15 is 48.3 Å². The van der Waals surface area contributed by atoms with Gasteiger partial charge in [-0.05, 0) is 0 Å². The maximum atomic E-state index is 16.1. The van der Waals surface area contributed by atoms with E-state index in [-0.39, 0.29) is 0 Å². The van der Waals surface area contributed by atoms with Gasteiger partial charge < -0.3 is 18.9 Å². The summed E-state index contributed by atoms with van der Waals surface area (Å²) in [5, 5.41) is 0. The van der Waals surface area contributed by atoms with Crippen molar-refractivity contribution >= 4 is 23.9 Å². The molecule has 0 aromatic rings. The van der Waals surface area contributed by atoms with Crippen LogP contribution in [0, 0.1) is 0 Å². The number of hydrogen-bond acceptors (Lipinski definition) is 8. The third kappa shape index (κ3) is 3.22. The minimum atomic E-state index is -7.67. The van der Waals surface area contributed by atoms with Gasteiger partial charge in [0, 0.05) is 24.3 Å². The topological polar surface area (TPSA) is 105 Å². The van der Waals surface area contributed by atoms with E-state index in [1.54, 1.807) is 0 Å². The molecule has 0 heterocycles. The Hall–Kier alpha value is -4.00. The Bertz CT molecular complexity index is 1200. The van der Waals surface area contributed by atoms with Crippen LogP contribution in [0.5, 0.6) is 0 Å². The minimum Gasteiger partial charge on any atom is -0.440 e. The second-order valence-corrected chi connectivity index (χ2v) is 8.29. The lowest BCUT2D eigenvalue weighted by atomic mass is 9.49. The summed E-state index contributed by atoms with van der Waals surface area (Å²) >= 11 is 0. The van der Waals surface area contributed by atoms with E-state index in [4.69, 9.17) is 0 Å². The van der Waals surface area contributed by atoms with Crippen molar-refractivity contribution in [3.05, 3.63) is 50.6 Å². The van der Waals surface area contributed by atoms with Crippen molar-refractivity contribution in [3.63, 3.8) is 0 Å². The van der Waals surface area contributed by atoms with Crippen LogP contribution in [0.15, 0.2) is 50.6 Å². The van der Waals surface area contributed by atoms with Gasteiger partial charge in [-0.3, -0.25) is 0 Å². The van der Waals surface area contributed by atoms with E-state index in [1.807, 2.05) is 0 Å². The van der Waals surface area contributed by atoms with Crippen LogP contribution in [0.25, 0.3) is 0 Å². The van der Waals surface area contributed by atoms with Crippen LogP contribution < -0.4 is 0 Å². The van der Waals surface area contributed by atoms with E-state index in [0.717, 1.165) is 0 Å². The molecule has 0 saturated heterocycles. The van der Waals surface area contributed by atoms with Gasteiger partial charge in [-0.2, -0.15) is 48.3 Å². The third-order valence-electron chi connectivity index (χ3n) is 6.35. The minimum absolute atomic E-state index is 0.390. The lowest BCUT2D eigenvalue weighted by Crippen LogP contribution is -3.03. The second-order valence-electron chi connectivity index (χ2n) is 8.29. The van der Waals surface area contributed by atoms with Crippen molar-refractivity contribution in [1.82, 2.24) is 0 Å². The number of alkyl halides is 12. The lowest BCUT2D eigenvalue weighted by molar-refractivity contribution is -0.580. The first-order chi connectivity index (χ1) is 18.9. The number of hydrogen-bond donors (Lipinski definition) is 0. The molecule has 2 aliphatic rings. The van der Waals surface area contributed by atoms with E-state index < -0.39 is 107 Å². The molecule has 2 unspecified atom stereocenters. The molecule has 0 aromatic carbocycles. The van der Waals surface area contributed by atoms with Crippen molar-refractivity contribution in [3.8, 4) is 0 Å². The number of esters is 4. The predicted molar refractivity (Wildman–Crippen MR) is 108 cm³/mol. The van der Waals surface area contributed by atoms with Gasteiger partial charge in [0.25, 0.3) is 5.60 Å². The zero-order chi connectivity index (χ0) is 33.2. The molecular weight excluding hydrogens is 620 g/mol. The summed E-state index contributed by atoms with van der Waals surface area (Å²) in [5.41, 5.74) is -20.9. The van der Waals surface area contributed by atoms with E-state index in [9.17, 15) is 23.6 Å². The quantitative estimate of drug-likeness (QED) is 0.163. The van der Waals surface area contributed by atoms with Crippen LogP contribution in [-0.2, 0) is 38.1 Å². The summed E-state index contributed by atoms with van der Waals surface area (Å²) in [6.45, 7) is 5.99. The Balaban J connectivity index is 3.55. The summed E-state index contributed by atoms with van der Waals surface area (Å²) in [5.74, 6) is -56.6. The Morgan fingerprint density at radius 3 is 1.05 bits per heavy atom. The Morgan fingerprint density at radius 1 is 0.476 bits per heavy atom. The first-order valence-corrected chi connectivity index (χ1v) is 10.4. The van der Waals surface area contributed by atoms with Gasteiger partial charge >= 0.3 is 70.5 Å². The fraction of sp³-hybridized carbons (Fsp3) is 0.455. The van der Waals surface area contributed by atoms with Gasteiger partial charge in [0.15, 0.2) is 0 Å². The average molecular weight is 634 g/mol. The molecule has 42 heavy (non-hydrogen) atoms. The second kappa shape index (κ2) is 9.51. The normalized spacial score (nSPS) is 34.5. The van der Waals surface area contributed by atoms with Crippen LogP contribution in [0.4, 0.5) is 52.7 Å². The van der Waals surface area contributed by atoms with E-state index in [1.165, 1.54) is 0 Å². The SMILES string of the molecule is C=CC(=O)OC1(F)C(F)(F)C2(OC(=O)C=C)C(F)(F)C(CF)(OC(=O)C=C)C(F)(F)C(OC(=O)C=C)(C1(F)F)C2(F)F. The number of carbonyl (C=O) groups is 4. The highest BCUT2D eigenvalue weighted by Gasteiger charge is 3.16. The number of ether oxygens (including phenoxy) is 4. The number of fused-ring (bicyclic) bond motifs is 2. The molecule has 0 spiro atoms. The average Bonchev–Trinajstić information content (AvgIpc) is 2.89. The van der Waals surface area contributed by atoms with Crippen molar-refractivity contribution in [1.29, 1.82) is 0 Å². The molecule has 0 radical (unpaired) electrons. The maximum Gasteiger partial charge on any atom is 0.386 e. The summed E-state index contributed by atoms with van der Waals surface area (Å²) in [4.78, 5) is 47.2. The number of halogens is 12. The first kappa shape index (κ1) is 34.2. The summed E-state index contributed by atoms with van der Waals surface area (Å²) in [7, 11) is 0. The highest BCUT2D eigenvalue weighted by Crippen LogP contribution is 2.80. The molecule has 0 amide bonds. The Labute approximate surface area is 225 Å². The summed E-state index contributed by atoms with van der Waals surface area (Å²) in [6, 6.07) is 0. The van der Waals surface area contributed by atoms with Gasteiger partial charge in [-0.1, -0.05) is 26.3 Å². The van der Waals surface area contributed by atoms with Gasteiger partial charge in [0.05, 0.1) is 0 Å². The molecule has 2 aliphatic carbocycles. The largest absolute Gasteiger partial charge is 0.440 e. The maximum absolute atomic E-state index is 16.1. The molecule has 2 rings (SSSR count). The lowest BCUT2D eigenvalue weighted by Gasteiger charge is -2.69.